The Morgan fingerprint density at radius 2 is 2.36 bits per heavy atom. The average Bonchev–Trinajstić information content (AvgIpc) is 2.73. The van der Waals surface area contributed by atoms with Crippen LogP contribution in [-0.4, -0.2) is 47.6 Å². The molecule has 0 spiro atoms. The first-order valence-electron chi connectivity index (χ1n) is 4.90. The standard InChI is InChI=1S/C9H14N2O3/c12-7-1-2-11(5-7)9(14)6-3-8(13)10-4-6/h6-7,12H,1-5H2,(H,10,13). The Balaban J connectivity index is 1.92. The van der Waals surface area contributed by atoms with Crippen molar-refractivity contribution in [3.05, 3.63) is 0 Å². The van der Waals surface area contributed by atoms with E-state index in [1.54, 1.807) is 4.90 Å². The summed E-state index contributed by atoms with van der Waals surface area (Å²) in [5.41, 5.74) is 0. The summed E-state index contributed by atoms with van der Waals surface area (Å²) in [5.74, 6) is -0.268. The van der Waals surface area contributed by atoms with E-state index in [9.17, 15) is 14.7 Å². The van der Waals surface area contributed by atoms with Crippen molar-refractivity contribution >= 4 is 11.8 Å². The second-order valence-electron chi connectivity index (χ2n) is 3.93. The lowest BCUT2D eigenvalue weighted by Crippen LogP contribution is -2.35. The number of hydrogen-bond acceptors (Lipinski definition) is 3. The Morgan fingerprint density at radius 1 is 1.57 bits per heavy atom. The molecule has 0 aliphatic carbocycles. The molecule has 2 saturated heterocycles. The van der Waals surface area contributed by atoms with E-state index < -0.39 is 0 Å². The Labute approximate surface area is 82.1 Å². The number of β-amino-alcohol motifs (C(OH)–C–C–N with tert-alkyl or cyclic N) is 1. The predicted octanol–water partition coefficient (Wildman–Crippen LogP) is -1.28. The molecular formula is C9H14N2O3. The van der Waals surface area contributed by atoms with Gasteiger partial charge in [-0.25, -0.2) is 0 Å². The normalized spacial score (nSPS) is 32.1. The first-order valence-corrected chi connectivity index (χ1v) is 4.90. The third-order valence-corrected chi connectivity index (χ3v) is 2.80. The topological polar surface area (TPSA) is 69.6 Å². The Hall–Kier alpha value is -1.10. The molecule has 2 fully saturated rings. The lowest BCUT2D eigenvalue weighted by molar-refractivity contribution is -0.135. The van der Waals surface area contributed by atoms with Gasteiger partial charge in [-0.1, -0.05) is 0 Å². The Bertz CT molecular complexity index is 267. The first-order chi connectivity index (χ1) is 6.66. The summed E-state index contributed by atoms with van der Waals surface area (Å²) in [6, 6.07) is 0. The van der Waals surface area contributed by atoms with Crippen LogP contribution < -0.4 is 5.32 Å². The number of aliphatic hydroxyl groups excluding tert-OH is 1. The zero-order valence-electron chi connectivity index (χ0n) is 7.90. The number of carbonyl (C=O) groups is 2. The lowest BCUT2D eigenvalue weighted by atomic mass is 10.1. The van der Waals surface area contributed by atoms with E-state index in [1.807, 2.05) is 0 Å². The van der Waals surface area contributed by atoms with Crippen LogP contribution >= 0.6 is 0 Å². The maximum atomic E-state index is 11.8. The van der Waals surface area contributed by atoms with Gasteiger partial charge >= 0.3 is 0 Å². The molecule has 2 aliphatic rings. The van der Waals surface area contributed by atoms with Crippen molar-refractivity contribution in [2.75, 3.05) is 19.6 Å². The quantitative estimate of drug-likeness (QED) is 0.551. The molecule has 5 nitrogen and oxygen atoms in total. The van der Waals surface area contributed by atoms with Crippen LogP contribution in [0.25, 0.3) is 0 Å². The van der Waals surface area contributed by atoms with Crippen molar-refractivity contribution in [3.8, 4) is 0 Å². The number of amides is 2. The van der Waals surface area contributed by atoms with E-state index in [0.29, 0.717) is 32.5 Å². The van der Waals surface area contributed by atoms with E-state index in [2.05, 4.69) is 5.32 Å². The molecule has 0 aromatic rings. The fraction of sp³-hybridized carbons (Fsp3) is 0.778. The Kier molecular flexibility index (Phi) is 2.41. The van der Waals surface area contributed by atoms with Crippen molar-refractivity contribution in [1.29, 1.82) is 0 Å². The highest BCUT2D eigenvalue weighted by atomic mass is 16.3. The van der Waals surface area contributed by atoms with Gasteiger partial charge in [-0.05, 0) is 6.42 Å². The van der Waals surface area contributed by atoms with Gasteiger partial charge in [-0.2, -0.15) is 0 Å². The highest BCUT2D eigenvalue weighted by molar-refractivity contribution is 5.89. The van der Waals surface area contributed by atoms with Gasteiger partial charge in [-0.15, -0.1) is 0 Å². The van der Waals surface area contributed by atoms with Crippen molar-refractivity contribution < 1.29 is 14.7 Å². The van der Waals surface area contributed by atoms with Gasteiger partial charge in [0.25, 0.3) is 0 Å². The second-order valence-corrected chi connectivity index (χ2v) is 3.93. The lowest BCUT2D eigenvalue weighted by Gasteiger charge is -2.18. The molecule has 2 atom stereocenters. The minimum atomic E-state index is -0.385. The van der Waals surface area contributed by atoms with Crippen LogP contribution in [0.15, 0.2) is 0 Å². The highest BCUT2D eigenvalue weighted by Crippen LogP contribution is 2.17. The molecule has 2 unspecified atom stereocenters. The monoisotopic (exact) mass is 198 g/mol. The summed E-state index contributed by atoms with van der Waals surface area (Å²) in [5, 5.41) is 11.9. The van der Waals surface area contributed by atoms with Gasteiger partial charge in [0, 0.05) is 26.1 Å². The molecule has 0 aromatic heterocycles. The average molecular weight is 198 g/mol. The molecule has 14 heavy (non-hydrogen) atoms. The van der Waals surface area contributed by atoms with Crippen LogP contribution in [0.2, 0.25) is 0 Å². The summed E-state index contributed by atoms with van der Waals surface area (Å²) in [4.78, 5) is 24.3. The molecule has 0 aromatic carbocycles. The minimum absolute atomic E-state index is 0.0000926. The van der Waals surface area contributed by atoms with Crippen molar-refractivity contribution in [1.82, 2.24) is 10.2 Å². The third kappa shape index (κ3) is 1.72. The second kappa shape index (κ2) is 3.57. The molecule has 2 aliphatic heterocycles. The first kappa shape index (κ1) is 9.45. The SMILES string of the molecule is O=C1CC(C(=O)N2CCC(O)C2)CN1. The maximum absolute atomic E-state index is 11.8. The van der Waals surface area contributed by atoms with Crippen molar-refractivity contribution in [2.45, 2.75) is 18.9 Å². The molecule has 2 amide bonds. The summed E-state index contributed by atoms with van der Waals surface area (Å²) in [6.45, 7) is 1.48. The van der Waals surface area contributed by atoms with Gasteiger partial charge < -0.3 is 15.3 Å². The number of hydrogen-bond donors (Lipinski definition) is 2. The molecule has 0 saturated carbocycles. The van der Waals surface area contributed by atoms with Crippen molar-refractivity contribution in [2.24, 2.45) is 5.92 Å². The summed E-state index contributed by atoms with van der Waals surface area (Å²) >= 11 is 0. The third-order valence-electron chi connectivity index (χ3n) is 2.80. The molecule has 0 bridgehead atoms. The fourth-order valence-electron chi connectivity index (χ4n) is 1.98. The van der Waals surface area contributed by atoms with Gasteiger partial charge in [-0.3, -0.25) is 9.59 Å². The number of nitrogens with zero attached hydrogens (tertiary/aromatic N) is 1. The zero-order valence-corrected chi connectivity index (χ0v) is 7.90. The van der Waals surface area contributed by atoms with Gasteiger partial charge in [0.15, 0.2) is 0 Å². The van der Waals surface area contributed by atoms with Crippen LogP contribution in [0.3, 0.4) is 0 Å². The molecule has 2 heterocycles. The van der Waals surface area contributed by atoms with E-state index in [-0.39, 0.29) is 23.8 Å². The maximum Gasteiger partial charge on any atom is 0.228 e. The smallest absolute Gasteiger partial charge is 0.228 e. The fourth-order valence-corrected chi connectivity index (χ4v) is 1.98. The number of carbonyl (C=O) groups excluding carboxylic acids is 2. The molecule has 78 valence electrons. The van der Waals surface area contributed by atoms with E-state index in [4.69, 9.17) is 0 Å². The molecule has 2 N–H and O–H groups in total. The van der Waals surface area contributed by atoms with Crippen LogP contribution in [0, 0.1) is 5.92 Å². The van der Waals surface area contributed by atoms with E-state index in [1.165, 1.54) is 0 Å². The predicted molar refractivity (Wildman–Crippen MR) is 48.3 cm³/mol. The number of nitrogens with one attached hydrogen (secondary N) is 1. The summed E-state index contributed by atoms with van der Waals surface area (Å²) in [6.07, 6.45) is 0.564. The van der Waals surface area contributed by atoms with E-state index >= 15 is 0 Å². The number of rotatable bonds is 1. The summed E-state index contributed by atoms with van der Waals surface area (Å²) in [7, 11) is 0. The highest BCUT2D eigenvalue weighted by Gasteiger charge is 2.34. The number of aliphatic hydroxyl groups is 1. The van der Waals surface area contributed by atoms with Gasteiger partial charge in [0.1, 0.15) is 0 Å². The van der Waals surface area contributed by atoms with Gasteiger partial charge in [0.05, 0.1) is 12.0 Å². The molecular weight excluding hydrogens is 184 g/mol. The van der Waals surface area contributed by atoms with E-state index in [0.717, 1.165) is 0 Å². The number of likely N-dealkylation sites (tertiary alicyclic amines) is 1. The van der Waals surface area contributed by atoms with Crippen LogP contribution in [-0.2, 0) is 9.59 Å². The summed E-state index contributed by atoms with van der Waals surface area (Å²) < 4.78 is 0. The largest absolute Gasteiger partial charge is 0.391 e. The molecule has 5 heteroatoms. The Morgan fingerprint density at radius 3 is 2.86 bits per heavy atom. The van der Waals surface area contributed by atoms with Gasteiger partial charge in [0.2, 0.25) is 11.8 Å². The van der Waals surface area contributed by atoms with Crippen molar-refractivity contribution in [3.63, 3.8) is 0 Å². The molecule has 0 radical (unpaired) electrons. The zero-order chi connectivity index (χ0) is 10.1. The van der Waals surface area contributed by atoms with Crippen LogP contribution in [0.4, 0.5) is 0 Å². The molecule has 2 rings (SSSR count). The minimum Gasteiger partial charge on any atom is -0.391 e. The van der Waals surface area contributed by atoms with Crippen LogP contribution in [0.5, 0.6) is 0 Å². The van der Waals surface area contributed by atoms with Crippen LogP contribution in [0.1, 0.15) is 12.8 Å².